The van der Waals surface area contributed by atoms with Crippen molar-refractivity contribution in [3.8, 4) is 5.75 Å². The minimum absolute atomic E-state index is 0.270. The van der Waals surface area contributed by atoms with Gasteiger partial charge in [0.05, 0.1) is 12.7 Å². The van der Waals surface area contributed by atoms with Gasteiger partial charge in [0.1, 0.15) is 18.5 Å². The van der Waals surface area contributed by atoms with Gasteiger partial charge in [-0.3, -0.25) is 4.90 Å². The standard InChI is InChI=1S/C23H34N2O3/c1-19(2)27-14-13-24-15-20-9-11-23(12-10-20)28-18-22(26)17-25(3)16-21-7-5-4-6-8-21/h4-12,19,22,24,26H,13-18H2,1-3H3/t22-/m1/s1. The van der Waals surface area contributed by atoms with E-state index in [0.717, 1.165) is 32.0 Å². The molecule has 5 nitrogen and oxygen atoms in total. The first-order valence-corrected chi connectivity index (χ1v) is 9.97. The molecule has 1 atom stereocenters. The maximum atomic E-state index is 10.2. The Morgan fingerprint density at radius 2 is 1.71 bits per heavy atom. The highest BCUT2D eigenvalue weighted by molar-refractivity contribution is 5.27. The summed E-state index contributed by atoms with van der Waals surface area (Å²) < 4.78 is 11.2. The van der Waals surface area contributed by atoms with Gasteiger partial charge in [-0.15, -0.1) is 0 Å². The summed E-state index contributed by atoms with van der Waals surface area (Å²) >= 11 is 0. The summed E-state index contributed by atoms with van der Waals surface area (Å²) in [7, 11) is 2.00. The van der Waals surface area contributed by atoms with Crippen molar-refractivity contribution >= 4 is 0 Å². The molecular formula is C23H34N2O3. The van der Waals surface area contributed by atoms with Gasteiger partial charge >= 0.3 is 0 Å². The van der Waals surface area contributed by atoms with E-state index < -0.39 is 6.10 Å². The fourth-order valence-corrected chi connectivity index (χ4v) is 2.87. The van der Waals surface area contributed by atoms with Crippen molar-refractivity contribution in [1.29, 1.82) is 0 Å². The third-order valence-corrected chi connectivity index (χ3v) is 4.24. The second-order valence-corrected chi connectivity index (χ2v) is 7.39. The van der Waals surface area contributed by atoms with Gasteiger partial charge < -0.3 is 19.9 Å². The average Bonchev–Trinajstić information content (AvgIpc) is 2.67. The fraction of sp³-hybridized carbons (Fsp3) is 0.478. The van der Waals surface area contributed by atoms with E-state index in [0.29, 0.717) is 6.54 Å². The molecule has 0 heterocycles. The summed E-state index contributed by atoms with van der Waals surface area (Å²) in [5, 5.41) is 13.6. The zero-order valence-electron chi connectivity index (χ0n) is 17.3. The first-order chi connectivity index (χ1) is 13.5. The van der Waals surface area contributed by atoms with Gasteiger partial charge in [-0.1, -0.05) is 42.5 Å². The average molecular weight is 387 g/mol. The van der Waals surface area contributed by atoms with Crippen LogP contribution in [0.2, 0.25) is 0 Å². The summed E-state index contributed by atoms with van der Waals surface area (Å²) in [6, 6.07) is 18.2. The highest BCUT2D eigenvalue weighted by Crippen LogP contribution is 2.13. The van der Waals surface area contributed by atoms with Gasteiger partial charge in [0.15, 0.2) is 0 Å². The number of rotatable bonds is 13. The molecule has 0 aliphatic carbocycles. The molecule has 0 aliphatic heterocycles. The molecule has 0 spiro atoms. The number of nitrogens with one attached hydrogen (secondary N) is 1. The van der Waals surface area contributed by atoms with Crippen LogP contribution in [0.25, 0.3) is 0 Å². The van der Waals surface area contributed by atoms with Crippen molar-refractivity contribution < 1.29 is 14.6 Å². The topological polar surface area (TPSA) is 54.0 Å². The van der Waals surface area contributed by atoms with Crippen LogP contribution in [0.4, 0.5) is 0 Å². The normalized spacial score (nSPS) is 12.5. The predicted molar refractivity (Wildman–Crippen MR) is 114 cm³/mol. The summed E-state index contributed by atoms with van der Waals surface area (Å²) in [6.45, 7) is 8.08. The highest BCUT2D eigenvalue weighted by Gasteiger charge is 2.10. The number of ether oxygens (including phenoxy) is 2. The Balaban J connectivity index is 1.63. The van der Waals surface area contributed by atoms with Crippen LogP contribution in [-0.2, 0) is 17.8 Å². The van der Waals surface area contributed by atoms with Gasteiger partial charge in [0.25, 0.3) is 0 Å². The Bertz CT molecular complexity index is 647. The molecule has 0 saturated carbocycles. The summed E-state index contributed by atoms with van der Waals surface area (Å²) in [6.07, 6.45) is -0.261. The number of aliphatic hydroxyl groups is 1. The second-order valence-electron chi connectivity index (χ2n) is 7.39. The summed E-state index contributed by atoms with van der Waals surface area (Å²) in [5.74, 6) is 0.775. The monoisotopic (exact) mass is 386 g/mol. The zero-order chi connectivity index (χ0) is 20.2. The van der Waals surface area contributed by atoms with E-state index in [4.69, 9.17) is 9.47 Å². The molecule has 0 fully saturated rings. The van der Waals surface area contributed by atoms with Gasteiger partial charge in [-0.2, -0.15) is 0 Å². The number of aliphatic hydroxyl groups excluding tert-OH is 1. The lowest BCUT2D eigenvalue weighted by Crippen LogP contribution is -2.32. The van der Waals surface area contributed by atoms with E-state index in [9.17, 15) is 5.11 Å². The molecule has 2 rings (SSSR count). The van der Waals surface area contributed by atoms with E-state index >= 15 is 0 Å². The van der Waals surface area contributed by atoms with Gasteiger partial charge in [-0.25, -0.2) is 0 Å². The molecule has 0 aromatic heterocycles. The van der Waals surface area contributed by atoms with Crippen LogP contribution in [0.3, 0.4) is 0 Å². The Morgan fingerprint density at radius 1 is 1.00 bits per heavy atom. The van der Waals surface area contributed by atoms with Gasteiger partial charge in [-0.05, 0) is 44.2 Å². The predicted octanol–water partition coefficient (Wildman–Crippen LogP) is 3.07. The smallest absolute Gasteiger partial charge is 0.119 e. The largest absolute Gasteiger partial charge is 0.491 e. The molecule has 0 radical (unpaired) electrons. The van der Waals surface area contributed by atoms with Crippen molar-refractivity contribution in [2.45, 2.75) is 39.1 Å². The molecule has 28 heavy (non-hydrogen) atoms. The second kappa shape index (κ2) is 12.5. The van der Waals surface area contributed by atoms with E-state index in [1.165, 1.54) is 11.1 Å². The number of nitrogens with zero attached hydrogens (tertiary/aromatic N) is 1. The maximum Gasteiger partial charge on any atom is 0.119 e. The van der Waals surface area contributed by atoms with Crippen LogP contribution in [0, 0.1) is 0 Å². The number of likely N-dealkylation sites (N-methyl/N-ethyl adjacent to an activating group) is 1. The minimum Gasteiger partial charge on any atom is -0.491 e. The van der Waals surface area contributed by atoms with Crippen molar-refractivity contribution in [1.82, 2.24) is 10.2 Å². The van der Waals surface area contributed by atoms with Crippen LogP contribution in [-0.4, -0.2) is 55.6 Å². The van der Waals surface area contributed by atoms with E-state index in [2.05, 4.69) is 22.3 Å². The Hall–Kier alpha value is -1.92. The first-order valence-electron chi connectivity index (χ1n) is 9.97. The van der Waals surface area contributed by atoms with Crippen LogP contribution in [0.5, 0.6) is 5.75 Å². The minimum atomic E-state index is -0.531. The summed E-state index contributed by atoms with van der Waals surface area (Å²) in [5.41, 5.74) is 2.43. The third-order valence-electron chi connectivity index (χ3n) is 4.24. The number of benzene rings is 2. The molecule has 2 N–H and O–H groups in total. The lowest BCUT2D eigenvalue weighted by Gasteiger charge is -2.21. The zero-order valence-corrected chi connectivity index (χ0v) is 17.3. The third kappa shape index (κ3) is 9.33. The molecule has 0 bridgehead atoms. The van der Waals surface area contributed by atoms with Crippen molar-refractivity contribution in [2.24, 2.45) is 0 Å². The SMILES string of the molecule is CC(C)OCCNCc1ccc(OC[C@H](O)CN(C)Cc2ccccc2)cc1. The fourth-order valence-electron chi connectivity index (χ4n) is 2.87. The van der Waals surface area contributed by atoms with Crippen molar-refractivity contribution in [2.75, 3.05) is 33.4 Å². The molecule has 0 amide bonds. The quantitative estimate of drug-likeness (QED) is 0.518. The van der Waals surface area contributed by atoms with Crippen LogP contribution in [0.1, 0.15) is 25.0 Å². The van der Waals surface area contributed by atoms with E-state index in [1.54, 1.807) is 0 Å². The first kappa shape index (κ1) is 22.4. The van der Waals surface area contributed by atoms with Crippen molar-refractivity contribution in [3.05, 3.63) is 65.7 Å². The van der Waals surface area contributed by atoms with Gasteiger partial charge in [0, 0.05) is 26.2 Å². The Labute approximate surface area is 169 Å². The lowest BCUT2D eigenvalue weighted by molar-refractivity contribution is 0.0744. The molecule has 2 aromatic rings. The molecular weight excluding hydrogens is 352 g/mol. The number of hydrogen-bond donors (Lipinski definition) is 2. The van der Waals surface area contributed by atoms with Crippen LogP contribution >= 0.6 is 0 Å². The Kier molecular flexibility index (Phi) is 10.0. The van der Waals surface area contributed by atoms with Crippen LogP contribution < -0.4 is 10.1 Å². The Morgan fingerprint density at radius 3 is 2.39 bits per heavy atom. The maximum absolute atomic E-state index is 10.2. The summed E-state index contributed by atoms with van der Waals surface area (Å²) in [4.78, 5) is 2.10. The highest BCUT2D eigenvalue weighted by atomic mass is 16.5. The molecule has 0 saturated heterocycles. The van der Waals surface area contributed by atoms with Crippen LogP contribution in [0.15, 0.2) is 54.6 Å². The van der Waals surface area contributed by atoms with Crippen molar-refractivity contribution in [3.63, 3.8) is 0 Å². The number of hydrogen-bond acceptors (Lipinski definition) is 5. The lowest BCUT2D eigenvalue weighted by atomic mass is 10.2. The molecule has 154 valence electrons. The molecule has 2 aromatic carbocycles. The molecule has 5 heteroatoms. The van der Waals surface area contributed by atoms with E-state index in [1.807, 2.05) is 63.4 Å². The molecule has 0 aliphatic rings. The van der Waals surface area contributed by atoms with Gasteiger partial charge in [0.2, 0.25) is 0 Å². The van der Waals surface area contributed by atoms with E-state index in [-0.39, 0.29) is 12.7 Å². The molecule has 0 unspecified atom stereocenters.